The van der Waals surface area contributed by atoms with Crippen LogP contribution in [-0.2, 0) is 14.3 Å². The number of nitrogens with zero attached hydrogens (tertiary/aromatic N) is 1. The van der Waals surface area contributed by atoms with E-state index in [9.17, 15) is 9.59 Å². The molecule has 0 aliphatic carbocycles. The van der Waals surface area contributed by atoms with Gasteiger partial charge in [-0.15, -0.1) is 0 Å². The minimum absolute atomic E-state index is 0.00529. The van der Waals surface area contributed by atoms with Crippen molar-refractivity contribution in [2.24, 2.45) is 5.92 Å². The molecule has 3 rings (SSSR count). The molecule has 136 valence electrons. The minimum Gasteiger partial charge on any atom is -0.460 e. The molecule has 2 heterocycles. The fraction of sp³-hybridized carbons (Fsp3) is 0.579. The first-order chi connectivity index (χ1) is 12.0. The van der Waals surface area contributed by atoms with Gasteiger partial charge in [0.1, 0.15) is 18.1 Å². The number of aliphatic hydroxyl groups excluding tert-OH is 1. The van der Waals surface area contributed by atoms with Gasteiger partial charge in [0.25, 0.3) is 0 Å². The third-order valence-corrected chi connectivity index (χ3v) is 5.33. The van der Waals surface area contributed by atoms with Crippen LogP contribution in [0.5, 0.6) is 0 Å². The number of rotatable bonds is 5. The van der Waals surface area contributed by atoms with Gasteiger partial charge in [-0.3, -0.25) is 9.69 Å². The van der Waals surface area contributed by atoms with Crippen LogP contribution in [0.25, 0.3) is 0 Å². The second-order valence-corrected chi connectivity index (χ2v) is 6.97. The van der Waals surface area contributed by atoms with Crippen LogP contribution in [0.1, 0.15) is 36.5 Å². The van der Waals surface area contributed by atoms with Crippen molar-refractivity contribution in [3.63, 3.8) is 0 Å². The van der Waals surface area contributed by atoms with Crippen molar-refractivity contribution in [2.75, 3.05) is 13.7 Å². The van der Waals surface area contributed by atoms with Crippen molar-refractivity contribution in [1.29, 1.82) is 0 Å². The summed E-state index contributed by atoms with van der Waals surface area (Å²) in [5.74, 6) is -1.34. The second-order valence-electron chi connectivity index (χ2n) is 6.97. The number of benzene rings is 1. The molecule has 2 fully saturated rings. The molecule has 2 saturated heterocycles. The first-order valence-electron chi connectivity index (χ1n) is 8.80. The van der Waals surface area contributed by atoms with E-state index >= 15 is 0 Å². The molecule has 6 heteroatoms. The van der Waals surface area contributed by atoms with E-state index in [0.717, 1.165) is 12.8 Å². The minimum atomic E-state index is -0.567. The maximum atomic E-state index is 12.7. The summed E-state index contributed by atoms with van der Waals surface area (Å²) >= 11 is 0. The summed E-state index contributed by atoms with van der Waals surface area (Å²) in [7, 11) is 2.01. The summed E-state index contributed by atoms with van der Waals surface area (Å²) in [6, 6.07) is 9.12. The van der Waals surface area contributed by atoms with Gasteiger partial charge in [-0.25, -0.2) is 4.79 Å². The first kappa shape index (κ1) is 17.9. The molecule has 1 aromatic rings. The molecule has 0 aromatic heterocycles. The molecule has 25 heavy (non-hydrogen) atoms. The van der Waals surface area contributed by atoms with Crippen LogP contribution in [0, 0.1) is 5.92 Å². The molecule has 2 aliphatic heterocycles. The van der Waals surface area contributed by atoms with E-state index in [1.807, 2.05) is 13.1 Å². The molecule has 0 saturated carbocycles. The van der Waals surface area contributed by atoms with Gasteiger partial charge >= 0.3 is 11.9 Å². The van der Waals surface area contributed by atoms with Crippen molar-refractivity contribution in [1.82, 2.24) is 4.90 Å². The van der Waals surface area contributed by atoms with Gasteiger partial charge in [0.15, 0.2) is 0 Å². The molecule has 2 bridgehead atoms. The number of hydrogen-bond acceptors (Lipinski definition) is 6. The zero-order valence-electron chi connectivity index (χ0n) is 14.6. The van der Waals surface area contributed by atoms with Gasteiger partial charge in [-0.1, -0.05) is 18.2 Å². The zero-order chi connectivity index (χ0) is 18.0. The normalized spacial score (nSPS) is 29.9. The molecule has 0 spiro atoms. The summed E-state index contributed by atoms with van der Waals surface area (Å²) in [6.07, 6.45) is 1.43. The number of esters is 2. The van der Waals surface area contributed by atoms with Crippen molar-refractivity contribution < 1.29 is 24.2 Å². The second kappa shape index (κ2) is 7.54. The maximum Gasteiger partial charge on any atom is 0.338 e. The number of ether oxygens (including phenoxy) is 2. The maximum absolute atomic E-state index is 12.7. The van der Waals surface area contributed by atoms with Crippen LogP contribution in [0.4, 0.5) is 0 Å². The lowest BCUT2D eigenvalue weighted by atomic mass is 9.87. The highest BCUT2D eigenvalue weighted by atomic mass is 16.6. The Morgan fingerprint density at radius 1 is 1.28 bits per heavy atom. The number of piperidine rings is 1. The van der Waals surface area contributed by atoms with Crippen LogP contribution in [0.15, 0.2) is 30.3 Å². The lowest BCUT2D eigenvalue weighted by Gasteiger charge is -2.41. The van der Waals surface area contributed by atoms with Gasteiger partial charge in [-0.05, 0) is 38.9 Å². The SMILES string of the molecule is CC(CO)OC(=O)[C@@H]1C2CCC(C[C@@H]1OC(=O)c1ccccc1)N2C. The Balaban J connectivity index is 1.77. The molecular formula is C19H25NO5. The summed E-state index contributed by atoms with van der Waals surface area (Å²) < 4.78 is 11.1. The van der Waals surface area contributed by atoms with Crippen LogP contribution in [0.3, 0.4) is 0 Å². The summed E-state index contributed by atoms with van der Waals surface area (Å²) in [5, 5.41) is 9.15. The number of aliphatic hydroxyl groups is 1. The molecule has 0 amide bonds. The molecule has 6 nitrogen and oxygen atoms in total. The van der Waals surface area contributed by atoms with Gasteiger partial charge in [0, 0.05) is 18.5 Å². The van der Waals surface area contributed by atoms with E-state index in [0.29, 0.717) is 18.0 Å². The average Bonchev–Trinajstić information content (AvgIpc) is 2.85. The number of fused-ring (bicyclic) bond motifs is 2. The summed E-state index contributed by atoms with van der Waals surface area (Å²) in [5.41, 5.74) is 0.476. The third-order valence-electron chi connectivity index (χ3n) is 5.33. The van der Waals surface area contributed by atoms with E-state index in [2.05, 4.69) is 4.90 Å². The third kappa shape index (κ3) is 3.70. The summed E-state index contributed by atoms with van der Waals surface area (Å²) in [6.45, 7) is 1.42. The molecule has 2 aliphatic rings. The molecule has 1 aromatic carbocycles. The van der Waals surface area contributed by atoms with Gasteiger partial charge in [0.05, 0.1) is 12.2 Å². The van der Waals surface area contributed by atoms with E-state index in [-0.39, 0.29) is 12.6 Å². The lowest BCUT2D eigenvalue weighted by Crippen LogP contribution is -2.54. The van der Waals surface area contributed by atoms with E-state index in [4.69, 9.17) is 14.6 Å². The zero-order valence-corrected chi connectivity index (χ0v) is 14.6. The highest BCUT2D eigenvalue weighted by Gasteiger charge is 2.51. The molecular weight excluding hydrogens is 322 g/mol. The topological polar surface area (TPSA) is 76.1 Å². The highest BCUT2D eigenvalue weighted by molar-refractivity contribution is 5.89. The Labute approximate surface area is 147 Å². The van der Waals surface area contributed by atoms with Crippen molar-refractivity contribution in [3.8, 4) is 0 Å². The van der Waals surface area contributed by atoms with Crippen molar-refractivity contribution >= 4 is 11.9 Å². The van der Waals surface area contributed by atoms with Crippen molar-refractivity contribution in [3.05, 3.63) is 35.9 Å². The first-order valence-corrected chi connectivity index (χ1v) is 8.80. The van der Waals surface area contributed by atoms with Crippen LogP contribution in [-0.4, -0.2) is 59.9 Å². The Morgan fingerprint density at radius 3 is 2.68 bits per heavy atom. The Hall–Kier alpha value is -1.92. The quantitative estimate of drug-likeness (QED) is 0.816. The largest absolute Gasteiger partial charge is 0.460 e. The van der Waals surface area contributed by atoms with Crippen molar-refractivity contribution in [2.45, 2.75) is 50.5 Å². The number of carbonyl (C=O) groups is 2. The smallest absolute Gasteiger partial charge is 0.338 e. The van der Waals surface area contributed by atoms with Crippen LogP contribution < -0.4 is 0 Å². The van der Waals surface area contributed by atoms with Gasteiger partial charge < -0.3 is 14.6 Å². The molecule has 0 radical (unpaired) electrons. The Bertz CT molecular complexity index is 620. The number of carbonyl (C=O) groups excluding carboxylic acids is 2. The van der Waals surface area contributed by atoms with Gasteiger partial charge in [0.2, 0.25) is 0 Å². The lowest BCUT2D eigenvalue weighted by molar-refractivity contribution is -0.165. The molecule has 1 N–H and O–H groups in total. The molecule has 5 atom stereocenters. The predicted molar refractivity (Wildman–Crippen MR) is 91.0 cm³/mol. The molecule has 3 unspecified atom stereocenters. The van der Waals surface area contributed by atoms with Crippen LogP contribution >= 0.6 is 0 Å². The van der Waals surface area contributed by atoms with Crippen LogP contribution in [0.2, 0.25) is 0 Å². The fourth-order valence-electron chi connectivity index (χ4n) is 3.94. The summed E-state index contributed by atoms with van der Waals surface area (Å²) in [4.78, 5) is 27.3. The van der Waals surface area contributed by atoms with Gasteiger partial charge in [-0.2, -0.15) is 0 Å². The Kier molecular flexibility index (Phi) is 5.39. The fourth-order valence-corrected chi connectivity index (χ4v) is 3.94. The highest BCUT2D eigenvalue weighted by Crippen LogP contribution is 2.40. The van der Waals surface area contributed by atoms with E-state index in [1.165, 1.54) is 0 Å². The van der Waals surface area contributed by atoms with E-state index in [1.54, 1.807) is 31.2 Å². The predicted octanol–water partition coefficient (Wildman–Crippen LogP) is 1.62. The Morgan fingerprint density at radius 2 is 2.00 bits per heavy atom. The monoisotopic (exact) mass is 347 g/mol. The number of hydrogen-bond donors (Lipinski definition) is 1. The average molecular weight is 347 g/mol. The standard InChI is InChI=1S/C19H25NO5/c1-12(11-21)24-19(23)17-15-9-8-14(20(15)2)10-16(17)25-18(22)13-6-4-3-5-7-13/h3-7,12,14-17,21H,8-11H2,1-2H3/t12?,14?,15?,16-,17+/m0/s1. The van der Waals surface area contributed by atoms with E-state index < -0.39 is 30.1 Å².